The lowest BCUT2D eigenvalue weighted by molar-refractivity contribution is -0.662. The SMILES string of the molecule is CNC(=O)c1cc(-c2ccccc2)cc(-c2ccccc2)[n+]1C. The standard InChI is InChI=1S/C20H18N2O/c1-21-20(23)19-14-17(15-9-5-3-6-10-15)13-18(22(19)2)16-11-7-4-8-12-16/h3-14H,1-2H3/p+1. The third kappa shape index (κ3) is 2.99. The summed E-state index contributed by atoms with van der Waals surface area (Å²) in [6.07, 6.45) is 0. The number of carbonyl (C=O) groups excluding carboxylic acids is 1. The van der Waals surface area contributed by atoms with Crippen molar-refractivity contribution in [1.29, 1.82) is 0 Å². The second-order valence-electron chi connectivity index (χ2n) is 5.38. The number of hydrogen-bond acceptors (Lipinski definition) is 1. The summed E-state index contributed by atoms with van der Waals surface area (Å²) in [6, 6.07) is 24.3. The van der Waals surface area contributed by atoms with Gasteiger partial charge in [0.25, 0.3) is 5.69 Å². The lowest BCUT2D eigenvalue weighted by Crippen LogP contribution is -2.41. The summed E-state index contributed by atoms with van der Waals surface area (Å²) < 4.78 is 1.93. The fourth-order valence-corrected chi connectivity index (χ4v) is 2.69. The molecule has 3 heteroatoms. The molecule has 1 amide bonds. The summed E-state index contributed by atoms with van der Waals surface area (Å²) in [4.78, 5) is 12.3. The molecule has 3 rings (SSSR count). The van der Waals surface area contributed by atoms with E-state index in [9.17, 15) is 4.79 Å². The van der Waals surface area contributed by atoms with Crippen LogP contribution in [0.2, 0.25) is 0 Å². The number of amides is 1. The minimum absolute atomic E-state index is 0.0949. The Bertz CT molecular complexity index is 827. The average molecular weight is 303 g/mol. The van der Waals surface area contributed by atoms with E-state index in [1.165, 1.54) is 0 Å². The first kappa shape index (κ1) is 15.0. The Morgan fingerprint density at radius 1 is 0.826 bits per heavy atom. The predicted octanol–water partition coefficient (Wildman–Crippen LogP) is 3.20. The first-order valence-corrected chi connectivity index (χ1v) is 7.57. The van der Waals surface area contributed by atoms with Crippen LogP contribution in [0.15, 0.2) is 72.8 Å². The molecule has 0 fully saturated rings. The summed E-state index contributed by atoms with van der Waals surface area (Å²) in [5.41, 5.74) is 4.84. The van der Waals surface area contributed by atoms with E-state index >= 15 is 0 Å². The van der Waals surface area contributed by atoms with Crippen LogP contribution in [0.5, 0.6) is 0 Å². The summed E-state index contributed by atoms with van der Waals surface area (Å²) in [6.45, 7) is 0. The monoisotopic (exact) mass is 303 g/mol. The van der Waals surface area contributed by atoms with E-state index in [4.69, 9.17) is 0 Å². The quantitative estimate of drug-likeness (QED) is 0.741. The fourth-order valence-electron chi connectivity index (χ4n) is 2.69. The molecule has 0 spiro atoms. The highest BCUT2D eigenvalue weighted by Crippen LogP contribution is 2.24. The second kappa shape index (κ2) is 6.44. The highest BCUT2D eigenvalue weighted by molar-refractivity contribution is 5.92. The molecule has 1 aromatic heterocycles. The van der Waals surface area contributed by atoms with Gasteiger partial charge in [-0.1, -0.05) is 48.5 Å². The van der Waals surface area contributed by atoms with Gasteiger partial charge in [0.2, 0.25) is 5.69 Å². The van der Waals surface area contributed by atoms with Crippen molar-refractivity contribution in [1.82, 2.24) is 5.32 Å². The van der Waals surface area contributed by atoms with Crippen LogP contribution >= 0.6 is 0 Å². The number of hydrogen-bond donors (Lipinski definition) is 1. The molecule has 0 saturated carbocycles. The van der Waals surface area contributed by atoms with Gasteiger partial charge in [-0.3, -0.25) is 4.79 Å². The molecule has 3 aromatic rings. The maximum absolute atomic E-state index is 12.3. The van der Waals surface area contributed by atoms with Gasteiger partial charge in [0, 0.05) is 24.7 Å². The zero-order valence-electron chi connectivity index (χ0n) is 13.3. The molecular weight excluding hydrogens is 284 g/mol. The van der Waals surface area contributed by atoms with Crippen LogP contribution in [0.4, 0.5) is 0 Å². The van der Waals surface area contributed by atoms with Crippen LogP contribution in [0, 0.1) is 0 Å². The number of benzene rings is 2. The Kier molecular flexibility index (Phi) is 4.20. The van der Waals surface area contributed by atoms with Crippen molar-refractivity contribution >= 4 is 5.91 Å². The fraction of sp³-hybridized carbons (Fsp3) is 0.100. The van der Waals surface area contributed by atoms with Crippen LogP contribution in [0.25, 0.3) is 22.4 Å². The molecule has 0 bridgehead atoms. The molecule has 0 atom stereocenters. The number of pyridine rings is 1. The second-order valence-corrected chi connectivity index (χ2v) is 5.38. The molecule has 3 nitrogen and oxygen atoms in total. The molecule has 1 heterocycles. The Morgan fingerprint density at radius 2 is 1.39 bits per heavy atom. The van der Waals surface area contributed by atoms with Gasteiger partial charge < -0.3 is 5.32 Å². The van der Waals surface area contributed by atoms with E-state index in [-0.39, 0.29) is 5.91 Å². The van der Waals surface area contributed by atoms with Crippen LogP contribution in [0.3, 0.4) is 0 Å². The van der Waals surface area contributed by atoms with E-state index in [1.807, 2.05) is 54.1 Å². The van der Waals surface area contributed by atoms with Gasteiger partial charge >= 0.3 is 5.91 Å². The summed E-state index contributed by atoms with van der Waals surface area (Å²) in [7, 11) is 3.57. The molecule has 0 radical (unpaired) electrons. The molecule has 0 aliphatic rings. The number of nitrogens with one attached hydrogen (secondary N) is 1. The molecular formula is C20H19N2O+. The van der Waals surface area contributed by atoms with Crippen molar-refractivity contribution in [2.75, 3.05) is 7.05 Å². The van der Waals surface area contributed by atoms with Crippen LogP contribution in [0.1, 0.15) is 10.5 Å². The van der Waals surface area contributed by atoms with Crippen molar-refractivity contribution in [3.05, 3.63) is 78.5 Å². The van der Waals surface area contributed by atoms with Crippen molar-refractivity contribution in [3.63, 3.8) is 0 Å². The van der Waals surface area contributed by atoms with E-state index in [1.54, 1.807) is 7.05 Å². The van der Waals surface area contributed by atoms with Crippen molar-refractivity contribution in [3.8, 4) is 22.4 Å². The van der Waals surface area contributed by atoms with Crippen molar-refractivity contribution < 1.29 is 9.36 Å². The average Bonchev–Trinajstić information content (AvgIpc) is 2.62. The van der Waals surface area contributed by atoms with E-state index < -0.39 is 0 Å². The topological polar surface area (TPSA) is 33.0 Å². The Hall–Kier alpha value is -2.94. The van der Waals surface area contributed by atoms with E-state index in [2.05, 4.69) is 35.6 Å². The smallest absolute Gasteiger partial charge is 0.315 e. The lowest BCUT2D eigenvalue weighted by atomic mass is 10.0. The molecule has 0 unspecified atom stereocenters. The largest absolute Gasteiger partial charge is 0.350 e. The van der Waals surface area contributed by atoms with Gasteiger partial charge in [-0.05, 0) is 23.3 Å². The van der Waals surface area contributed by atoms with Crippen LogP contribution in [-0.4, -0.2) is 13.0 Å². The molecule has 2 aromatic carbocycles. The van der Waals surface area contributed by atoms with Gasteiger partial charge in [-0.25, -0.2) is 0 Å². The van der Waals surface area contributed by atoms with Gasteiger partial charge in [0.15, 0.2) is 0 Å². The van der Waals surface area contributed by atoms with Crippen molar-refractivity contribution in [2.45, 2.75) is 0 Å². The predicted molar refractivity (Wildman–Crippen MR) is 91.9 cm³/mol. The maximum Gasteiger partial charge on any atom is 0.315 e. The Labute approximate surface area is 136 Å². The van der Waals surface area contributed by atoms with Gasteiger partial charge in [0.1, 0.15) is 7.05 Å². The van der Waals surface area contributed by atoms with Gasteiger partial charge in [-0.15, -0.1) is 0 Å². The molecule has 1 N–H and O–H groups in total. The third-order valence-electron chi connectivity index (χ3n) is 3.94. The van der Waals surface area contributed by atoms with E-state index in [0.29, 0.717) is 5.69 Å². The molecule has 23 heavy (non-hydrogen) atoms. The first-order valence-electron chi connectivity index (χ1n) is 7.57. The molecule has 0 aliphatic carbocycles. The van der Waals surface area contributed by atoms with E-state index in [0.717, 1.165) is 22.4 Å². The summed E-state index contributed by atoms with van der Waals surface area (Å²) in [5, 5.41) is 2.72. The van der Waals surface area contributed by atoms with Crippen molar-refractivity contribution in [2.24, 2.45) is 7.05 Å². The van der Waals surface area contributed by atoms with Crippen LogP contribution in [-0.2, 0) is 7.05 Å². The number of nitrogens with zero attached hydrogens (tertiary/aromatic N) is 1. The molecule has 0 aliphatic heterocycles. The number of rotatable bonds is 3. The normalized spacial score (nSPS) is 10.3. The number of carbonyl (C=O) groups is 1. The highest BCUT2D eigenvalue weighted by Gasteiger charge is 2.22. The molecule has 114 valence electrons. The maximum atomic E-state index is 12.3. The zero-order chi connectivity index (χ0) is 16.2. The minimum Gasteiger partial charge on any atom is -0.350 e. The summed E-state index contributed by atoms with van der Waals surface area (Å²) in [5.74, 6) is -0.0949. The van der Waals surface area contributed by atoms with Gasteiger partial charge in [-0.2, -0.15) is 4.57 Å². The minimum atomic E-state index is -0.0949. The Balaban J connectivity index is 2.25. The summed E-state index contributed by atoms with van der Waals surface area (Å²) >= 11 is 0. The number of aromatic nitrogens is 1. The Morgan fingerprint density at radius 3 is 1.96 bits per heavy atom. The van der Waals surface area contributed by atoms with Crippen LogP contribution < -0.4 is 9.88 Å². The third-order valence-corrected chi connectivity index (χ3v) is 3.94. The first-order chi connectivity index (χ1) is 11.2. The zero-order valence-corrected chi connectivity index (χ0v) is 13.3. The lowest BCUT2D eigenvalue weighted by Gasteiger charge is -2.09. The highest BCUT2D eigenvalue weighted by atomic mass is 16.1. The van der Waals surface area contributed by atoms with Gasteiger partial charge in [0.05, 0.1) is 0 Å². The molecule has 0 saturated heterocycles.